The number of nitro groups is 1. The van der Waals surface area contributed by atoms with Gasteiger partial charge in [0.15, 0.2) is 18.4 Å². The van der Waals surface area contributed by atoms with Gasteiger partial charge in [0, 0.05) is 43.9 Å². The molecule has 4 rings (SSSR count). The smallest absolute Gasteiger partial charge is 0.333 e. The molecule has 1 N–H and O–H groups in total. The molecule has 0 saturated carbocycles. The molecule has 0 saturated heterocycles. The van der Waals surface area contributed by atoms with Crippen LogP contribution >= 0.6 is 0 Å². The molecular formula is C26H25N4O5+. The lowest BCUT2D eigenvalue weighted by molar-refractivity contribution is -0.715. The zero-order chi connectivity index (χ0) is 25.3. The molecule has 0 aliphatic rings. The van der Waals surface area contributed by atoms with Crippen LogP contribution in [0, 0.1) is 17.0 Å². The maximum Gasteiger partial charge on any atom is 0.333 e. The normalized spacial score (nSPS) is 12.8. The molecular weight excluding hydrogens is 448 g/mol. The van der Waals surface area contributed by atoms with E-state index in [2.05, 4.69) is 0 Å². The van der Waals surface area contributed by atoms with Crippen molar-refractivity contribution < 1.29 is 14.6 Å². The van der Waals surface area contributed by atoms with Crippen LogP contribution in [0.25, 0.3) is 0 Å². The molecule has 0 radical (unpaired) electrons. The number of nitrogens with zero attached hydrogens (tertiary/aromatic N) is 4. The molecule has 0 spiro atoms. The van der Waals surface area contributed by atoms with Gasteiger partial charge in [-0.05, 0) is 24.6 Å². The summed E-state index contributed by atoms with van der Waals surface area (Å²) in [6.45, 7) is 1.95. The number of hydrogen-bond donors (Lipinski definition) is 1. The maximum atomic E-state index is 13.4. The second-order valence-corrected chi connectivity index (χ2v) is 8.45. The average molecular weight is 474 g/mol. The summed E-state index contributed by atoms with van der Waals surface area (Å²) in [6, 6.07) is 18.7. The van der Waals surface area contributed by atoms with Crippen LogP contribution in [-0.2, 0) is 14.1 Å². The summed E-state index contributed by atoms with van der Waals surface area (Å²) < 4.78 is 3.90. The van der Waals surface area contributed by atoms with Gasteiger partial charge in [0.25, 0.3) is 11.2 Å². The Morgan fingerprint density at radius 2 is 1.46 bits per heavy atom. The summed E-state index contributed by atoms with van der Waals surface area (Å²) in [7, 11) is 2.78. The number of aromatic nitrogens is 3. The minimum Gasteiger partial charge on any atom is -0.494 e. The number of non-ortho nitro benzene ring substituents is 1. The van der Waals surface area contributed by atoms with E-state index in [1.54, 1.807) is 12.1 Å². The van der Waals surface area contributed by atoms with Crippen LogP contribution < -0.4 is 15.8 Å². The molecule has 2 unspecified atom stereocenters. The van der Waals surface area contributed by atoms with E-state index in [1.165, 1.54) is 26.2 Å². The third-order valence-electron chi connectivity index (χ3n) is 6.24. The molecule has 4 aromatic rings. The lowest BCUT2D eigenvalue weighted by Gasteiger charge is -2.25. The fourth-order valence-corrected chi connectivity index (χ4v) is 4.34. The Morgan fingerprint density at radius 3 is 2.03 bits per heavy atom. The quantitative estimate of drug-likeness (QED) is 0.263. The van der Waals surface area contributed by atoms with Crippen molar-refractivity contribution in [2.75, 3.05) is 0 Å². The Labute approximate surface area is 200 Å². The van der Waals surface area contributed by atoms with Crippen LogP contribution in [0.4, 0.5) is 5.69 Å². The van der Waals surface area contributed by atoms with Gasteiger partial charge in [-0.15, -0.1) is 0 Å². The first-order valence-electron chi connectivity index (χ1n) is 11.0. The van der Waals surface area contributed by atoms with E-state index in [0.717, 1.165) is 20.3 Å². The molecule has 2 aromatic carbocycles. The van der Waals surface area contributed by atoms with Gasteiger partial charge >= 0.3 is 5.69 Å². The van der Waals surface area contributed by atoms with Crippen molar-refractivity contribution in [2.24, 2.45) is 14.1 Å². The number of aromatic hydroxyl groups is 1. The van der Waals surface area contributed by atoms with Crippen LogP contribution in [0.2, 0.25) is 0 Å². The zero-order valence-corrected chi connectivity index (χ0v) is 19.5. The third kappa shape index (κ3) is 4.35. The Bertz CT molecular complexity index is 1490. The van der Waals surface area contributed by atoms with Gasteiger partial charge in [0.1, 0.15) is 0 Å². The molecule has 0 amide bonds. The highest BCUT2D eigenvalue weighted by molar-refractivity contribution is 5.42. The van der Waals surface area contributed by atoms with Crippen LogP contribution in [0.3, 0.4) is 0 Å². The average Bonchev–Trinajstić information content (AvgIpc) is 2.87. The Kier molecular flexibility index (Phi) is 6.33. The monoisotopic (exact) mass is 473 g/mol. The second kappa shape index (κ2) is 9.38. The van der Waals surface area contributed by atoms with Gasteiger partial charge in [-0.2, -0.15) is 4.57 Å². The number of benzene rings is 2. The molecule has 0 aliphatic heterocycles. The molecule has 9 nitrogen and oxygen atoms in total. The number of pyridine rings is 1. The summed E-state index contributed by atoms with van der Waals surface area (Å²) >= 11 is 0. The van der Waals surface area contributed by atoms with E-state index in [9.17, 15) is 24.8 Å². The Morgan fingerprint density at radius 1 is 0.886 bits per heavy atom. The van der Waals surface area contributed by atoms with E-state index < -0.39 is 34.0 Å². The minimum atomic E-state index is -0.727. The fraction of sp³-hybridized carbons (Fsp3) is 0.192. The summed E-state index contributed by atoms with van der Waals surface area (Å²) in [5, 5.41) is 22.3. The largest absolute Gasteiger partial charge is 0.494 e. The topological polar surface area (TPSA) is 111 Å². The van der Waals surface area contributed by atoms with E-state index in [1.807, 2.05) is 66.3 Å². The molecule has 2 heterocycles. The third-order valence-corrected chi connectivity index (χ3v) is 6.24. The lowest BCUT2D eigenvalue weighted by atomic mass is 9.81. The molecule has 2 atom stereocenters. The molecule has 0 bridgehead atoms. The van der Waals surface area contributed by atoms with Crippen molar-refractivity contribution in [1.82, 2.24) is 9.13 Å². The molecule has 0 aliphatic carbocycles. The van der Waals surface area contributed by atoms with Crippen LogP contribution in [0.15, 0.2) is 88.7 Å². The number of rotatable bonds is 6. The lowest BCUT2D eigenvalue weighted by Crippen LogP contribution is -2.46. The first kappa shape index (κ1) is 23.6. The highest BCUT2D eigenvalue weighted by atomic mass is 16.6. The van der Waals surface area contributed by atoms with Crippen molar-refractivity contribution in [3.63, 3.8) is 0 Å². The maximum absolute atomic E-state index is 13.4. The Hall–Kier alpha value is -4.53. The summed E-state index contributed by atoms with van der Waals surface area (Å²) in [4.78, 5) is 36.7. The van der Waals surface area contributed by atoms with Gasteiger partial charge in [0.2, 0.25) is 5.88 Å². The molecule has 35 heavy (non-hydrogen) atoms. The van der Waals surface area contributed by atoms with Crippen molar-refractivity contribution in [1.29, 1.82) is 0 Å². The first-order chi connectivity index (χ1) is 16.7. The minimum absolute atomic E-state index is 0.0539. The van der Waals surface area contributed by atoms with Crippen molar-refractivity contribution in [3.05, 3.63) is 132 Å². The van der Waals surface area contributed by atoms with Gasteiger partial charge in [-0.25, -0.2) is 4.79 Å². The van der Waals surface area contributed by atoms with E-state index >= 15 is 0 Å². The number of hydrogen-bond acceptors (Lipinski definition) is 5. The van der Waals surface area contributed by atoms with Crippen molar-refractivity contribution >= 4 is 5.69 Å². The van der Waals surface area contributed by atoms with Crippen molar-refractivity contribution in [2.45, 2.75) is 18.9 Å². The predicted molar refractivity (Wildman–Crippen MR) is 129 cm³/mol. The second-order valence-electron chi connectivity index (χ2n) is 8.45. The van der Waals surface area contributed by atoms with Crippen molar-refractivity contribution in [3.8, 4) is 5.88 Å². The molecule has 2 aromatic heterocycles. The highest BCUT2D eigenvalue weighted by Gasteiger charge is 2.39. The van der Waals surface area contributed by atoms with Gasteiger partial charge < -0.3 is 5.11 Å². The van der Waals surface area contributed by atoms with Crippen LogP contribution in [-0.4, -0.2) is 19.2 Å². The number of nitro benzene ring substituents is 1. The van der Waals surface area contributed by atoms with E-state index in [0.29, 0.717) is 5.56 Å². The predicted octanol–water partition coefficient (Wildman–Crippen LogP) is 2.72. The zero-order valence-electron chi connectivity index (χ0n) is 19.5. The summed E-state index contributed by atoms with van der Waals surface area (Å²) in [6.07, 6.45) is 3.66. The first-order valence-corrected chi connectivity index (χ1v) is 11.0. The van der Waals surface area contributed by atoms with Gasteiger partial charge in [0.05, 0.1) is 16.4 Å². The van der Waals surface area contributed by atoms with E-state index in [4.69, 9.17) is 0 Å². The molecule has 178 valence electrons. The van der Waals surface area contributed by atoms with Crippen LogP contribution in [0.5, 0.6) is 5.88 Å². The molecule has 0 fully saturated rings. The molecule has 9 heteroatoms. The SMILES string of the molecule is Cc1ccc(C(c2c(O)n(C)c(=O)n(C)c2=O)C(c2ccc([N+](=O)[O-])cc2)[n+]2ccccc2)cc1. The summed E-state index contributed by atoms with van der Waals surface area (Å²) in [5.74, 6) is -1.15. The van der Waals surface area contributed by atoms with E-state index in [-0.39, 0.29) is 11.3 Å². The Balaban J connectivity index is 2.08. The van der Waals surface area contributed by atoms with Gasteiger partial charge in [-0.1, -0.05) is 35.9 Å². The summed E-state index contributed by atoms with van der Waals surface area (Å²) in [5.41, 5.74) is 1.19. The standard InChI is InChI=1S/C26H24N4O5/c1-17-7-9-18(10-8-17)21(22-24(31)27(2)26(33)28(3)25(22)32)23(29-15-5-4-6-16-29)19-11-13-20(14-12-19)30(34)35/h4-16,21,23H,1-3H3/p+1. The van der Waals surface area contributed by atoms with Crippen LogP contribution in [0.1, 0.15) is 34.2 Å². The highest BCUT2D eigenvalue weighted by Crippen LogP contribution is 2.38. The van der Waals surface area contributed by atoms with Gasteiger partial charge in [-0.3, -0.25) is 24.0 Å². The number of aryl methyl sites for hydroxylation is 1. The fourth-order valence-electron chi connectivity index (χ4n) is 4.34.